The minimum atomic E-state index is 0.624. The van der Waals surface area contributed by atoms with Crippen molar-refractivity contribution < 1.29 is 4.74 Å². The highest BCUT2D eigenvalue weighted by Crippen LogP contribution is 2.39. The lowest BCUT2D eigenvalue weighted by Gasteiger charge is -2.13. The lowest BCUT2D eigenvalue weighted by atomic mass is 9.95. The Morgan fingerprint density at radius 2 is 1.77 bits per heavy atom. The fourth-order valence-electron chi connectivity index (χ4n) is 4.39. The van der Waals surface area contributed by atoms with Gasteiger partial charge in [-0.3, -0.25) is 0 Å². The average molecular weight is 402 g/mol. The maximum atomic E-state index is 5.89. The largest absolute Gasteiger partial charge is 0.492 e. The Balaban J connectivity index is 2.00. The maximum Gasteiger partial charge on any atom is 0.145 e. The van der Waals surface area contributed by atoms with E-state index in [1.807, 2.05) is 13.8 Å². The number of aromatic nitrogens is 2. The van der Waals surface area contributed by atoms with Crippen LogP contribution in [0.3, 0.4) is 0 Å². The second-order valence-electron chi connectivity index (χ2n) is 8.07. The Hall–Kier alpha value is -2.85. The third-order valence-electron chi connectivity index (χ3n) is 5.89. The Morgan fingerprint density at radius 1 is 0.967 bits per heavy atom. The predicted octanol–water partition coefficient (Wildman–Crippen LogP) is 5.99. The van der Waals surface area contributed by atoms with E-state index in [-0.39, 0.29) is 0 Å². The number of rotatable bonds is 7. The van der Waals surface area contributed by atoms with Gasteiger partial charge in [-0.25, -0.2) is 4.98 Å². The fourth-order valence-corrected chi connectivity index (χ4v) is 4.39. The summed E-state index contributed by atoms with van der Waals surface area (Å²) in [7, 11) is 0. The van der Waals surface area contributed by atoms with Crippen molar-refractivity contribution in [2.75, 3.05) is 13.2 Å². The molecule has 0 amide bonds. The molecule has 2 aromatic heterocycles. The van der Waals surface area contributed by atoms with Crippen molar-refractivity contribution in [3.63, 3.8) is 0 Å². The smallest absolute Gasteiger partial charge is 0.145 e. The zero-order chi connectivity index (χ0) is 21.3. The number of nitrogens with two attached hydrogens (primary N) is 1. The number of hydrogen-bond acceptors (Lipinski definition) is 3. The number of ether oxygens (including phenoxy) is 1. The lowest BCUT2D eigenvalue weighted by Crippen LogP contribution is -2.00. The van der Waals surface area contributed by atoms with E-state index < -0.39 is 0 Å². The first-order chi connectivity index (χ1) is 14.5. The van der Waals surface area contributed by atoms with Crippen molar-refractivity contribution in [1.82, 2.24) is 9.97 Å². The van der Waals surface area contributed by atoms with Gasteiger partial charge in [0, 0.05) is 27.5 Å². The highest BCUT2D eigenvalue weighted by molar-refractivity contribution is 6.02. The molecule has 4 aromatic rings. The Labute approximate surface area is 178 Å². The number of nitrogens with zero attached hydrogens (tertiary/aromatic N) is 1. The van der Waals surface area contributed by atoms with Crippen molar-refractivity contribution in [2.45, 2.75) is 47.0 Å². The summed E-state index contributed by atoms with van der Waals surface area (Å²) in [5, 5.41) is 2.47. The van der Waals surface area contributed by atoms with Crippen LogP contribution in [0, 0.1) is 20.8 Å². The average Bonchev–Trinajstić information content (AvgIpc) is 3.12. The summed E-state index contributed by atoms with van der Waals surface area (Å²) in [5.41, 5.74) is 15.3. The zero-order valence-corrected chi connectivity index (χ0v) is 18.4. The van der Waals surface area contributed by atoms with E-state index in [1.165, 1.54) is 38.9 Å². The van der Waals surface area contributed by atoms with Gasteiger partial charge in [-0.2, -0.15) is 0 Å². The van der Waals surface area contributed by atoms with E-state index in [0.717, 1.165) is 48.2 Å². The van der Waals surface area contributed by atoms with Gasteiger partial charge in [0.1, 0.15) is 11.3 Å². The summed E-state index contributed by atoms with van der Waals surface area (Å²) in [6.45, 7) is 9.76. The summed E-state index contributed by atoms with van der Waals surface area (Å²) in [6, 6.07) is 12.9. The molecular weight excluding hydrogens is 370 g/mol. The van der Waals surface area contributed by atoms with Gasteiger partial charge in [0.2, 0.25) is 0 Å². The van der Waals surface area contributed by atoms with E-state index >= 15 is 0 Å². The fraction of sp³-hybridized carbons (Fsp3) is 0.346. The molecule has 2 heterocycles. The van der Waals surface area contributed by atoms with Gasteiger partial charge in [0.25, 0.3) is 0 Å². The van der Waals surface area contributed by atoms with Crippen LogP contribution in [0.25, 0.3) is 33.1 Å². The Kier molecular flexibility index (Phi) is 5.78. The number of aromatic amines is 1. The van der Waals surface area contributed by atoms with Crippen molar-refractivity contribution in [1.29, 1.82) is 0 Å². The topological polar surface area (TPSA) is 63.9 Å². The second kappa shape index (κ2) is 8.49. The number of fused-ring (bicyclic) bond motifs is 2. The molecule has 0 aliphatic carbocycles. The molecule has 3 N–H and O–H groups in total. The van der Waals surface area contributed by atoms with Gasteiger partial charge in [0.05, 0.1) is 12.3 Å². The molecular formula is C26H31N3O. The molecule has 156 valence electrons. The number of nitrogens with one attached hydrogen (secondary N) is 1. The highest BCUT2D eigenvalue weighted by Gasteiger charge is 2.19. The summed E-state index contributed by atoms with van der Waals surface area (Å²) in [6.07, 6.45) is 3.11. The zero-order valence-electron chi connectivity index (χ0n) is 18.4. The lowest BCUT2D eigenvalue weighted by molar-refractivity contribution is 0.343. The molecule has 30 heavy (non-hydrogen) atoms. The molecule has 0 saturated carbocycles. The number of unbranched alkanes of at least 4 members (excludes halogenated alkanes) is 1. The molecule has 0 radical (unpaired) electrons. The molecule has 0 aliphatic rings. The molecule has 0 spiro atoms. The monoisotopic (exact) mass is 401 g/mol. The molecule has 0 bridgehead atoms. The van der Waals surface area contributed by atoms with Crippen LogP contribution in [0.4, 0.5) is 0 Å². The number of aryl methyl sites for hydroxylation is 4. The van der Waals surface area contributed by atoms with Crippen molar-refractivity contribution in [3.8, 4) is 17.0 Å². The summed E-state index contributed by atoms with van der Waals surface area (Å²) < 4.78 is 5.89. The van der Waals surface area contributed by atoms with Crippen LogP contribution < -0.4 is 10.5 Å². The molecule has 4 nitrogen and oxygen atoms in total. The van der Waals surface area contributed by atoms with Crippen LogP contribution in [-0.2, 0) is 6.42 Å². The minimum absolute atomic E-state index is 0.624. The first-order valence-corrected chi connectivity index (χ1v) is 10.9. The highest BCUT2D eigenvalue weighted by atomic mass is 16.5. The summed E-state index contributed by atoms with van der Waals surface area (Å²) in [5.74, 6) is 0.841. The number of H-pyrrole nitrogens is 1. The normalized spacial score (nSPS) is 11.5. The van der Waals surface area contributed by atoms with Gasteiger partial charge in [0.15, 0.2) is 0 Å². The van der Waals surface area contributed by atoms with Crippen molar-refractivity contribution >= 4 is 21.8 Å². The molecule has 0 saturated heterocycles. The third kappa shape index (κ3) is 3.56. The van der Waals surface area contributed by atoms with E-state index in [1.54, 1.807) is 0 Å². The second-order valence-corrected chi connectivity index (χ2v) is 8.07. The molecule has 2 aromatic carbocycles. The minimum Gasteiger partial charge on any atom is -0.492 e. The van der Waals surface area contributed by atoms with Gasteiger partial charge in [-0.05, 0) is 88.4 Å². The number of benzene rings is 2. The summed E-state index contributed by atoms with van der Waals surface area (Å²) >= 11 is 0. The molecule has 4 heteroatoms. The van der Waals surface area contributed by atoms with E-state index in [2.05, 4.69) is 55.2 Å². The van der Waals surface area contributed by atoms with Crippen LogP contribution in [-0.4, -0.2) is 23.1 Å². The van der Waals surface area contributed by atoms with Gasteiger partial charge >= 0.3 is 0 Å². The SMILES string of the molecule is CCOc1ccc(-c2[nH]c3c(C)ccc(C)c3c2CCCCN)c2ccc(C)nc12. The first kappa shape index (κ1) is 20.4. The molecule has 0 aliphatic heterocycles. The molecule has 4 rings (SSSR count). The van der Waals surface area contributed by atoms with Crippen molar-refractivity contribution in [3.05, 3.63) is 58.8 Å². The number of pyridine rings is 1. The van der Waals surface area contributed by atoms with Crippen molar-refractivity contribution in [2.24, 2.45) is 5.73 Å². The Bertz CT molecular complexity index is 1210. The number of hydrogen-bond donors (Lipinski definition) is 2. The predicted molar refractivity (Wildman–Crippen MR) is 126 cm³/mol. The maximum absolute atomic E-state index is 5.89. The van der Waals surface area contributed by atoms with Crippen LogP contribution in [0.1, 0.15) is 42.1 Å². The van der Waals surface area contributed by atoms with Gasteiger partial charge in [-0.15, -0.1) is 0 Å². The van der Waals surface area contributed by atoms with Gasteiger partial charge in [-0.1, -0.05) is 18.2 Å². The van der Waals surface area contributed by atoms with Gasteiger partial charge < -0.3 is 15.5 Å². The van der Waals surface area contributed by atoms with Crippen LogP contribution in [0.5, 0.6) is 5.75 Å². The van der Waals surface area contributed by atoms with E-state index in [9.17, 15) is 0 Å². The third-order valence-corrected chi connectivity index (χ3v) is 5.89. The van der Waals surface area contributed by atoms with Crippen LogP contribution in [0.15, 0.2) is 36.4 Å². The van der Waals surface area contributed by atoms with Crippen LogP contribution >= 0.6 is 0 Å². The quantitative estimate of drug-likeness (QED) is 0.374. The summed E-state index contributed by atoms with van der Waals surface area (Å²) in [4.78, 5) is 8.59. The molecule has 0 unspecified atom stereocenters. The van der Waals surface area contributed by atoms with E-state index in [0.29, 0.717) is 6.61 Å². The molecule has 0 fully saturated rings. The molecule has 0 atom stereocenters. The van der Waals surface area contributed by atoms with E-state index in [4.69, 9.17) is 15.5 Å². The van der Waals surface area contributed by atoms with Crippen LogP contribution in [0.2, 0.25) is 0 Å². The first-order valence-electron chi connectivity index (χ1n) is 10.9. The Morgan fingerprint density at radius 3 is 2.53 bits per heavy atom. The standard InChI is InChI=1S/C26H31N3O/c1-5-30-22-14-13-19(20-12-11-18(4)28-26(20)22)25-21(8-6-7-15-27)23-16(2)9-10-17(3)24(23)29-25/h9-14,29H,5-8,15,27H2,1-4H3.